The van der Waals surface area contributed by atoms with Crippen molar-refractivity contribution in [2.45, 2.75) is 20.4 Å². The van der Waals surface area contributed by atoms with Crippen LogP contribution in [0.5, 0.6) is 0 Å². The topological polar surface area (TPSA) is 46.3 Å². The van der Waals surface area contributed by atoms with Gasteiger partial charge < -0.3 is 9.42 Å². The Labute approximate surface area is 120 Å². The fourth-order valence-corrected chi connectivity index (χ4v) is 2.23. The third-order valence-corrected chi connectivity index (χ3v) is 3.47. The van der Waals surface area contributed by atoms with Crippen molar-refractivity contribution in [3.63, 3.8) is 0 Å². The maximum atomic E-state index is 12.4. The number of rotatable bonds is 3. The van der Waals surface area contributed by atoms with E-state index in [1.807, 2.05) is 38.1 Å². The molecular formula is C14H15BrN2O2. The van der Waals surface area contributed by atoms with Crippen LogP contribution in [0.1, 0.15) is 27.4 Å². The van der Waals surface area contributed by atoms with Crippen molar-refractivity contribution in [3.05, 3.63) is 51.3 Å². The van der Waals surface area contributed by atoms with Gasteiger partial charge in [-0.15, -0.1) is 0 Å². The molecule has 0 N–H and O–H groups in total. The summed E-state index contributed by atoms with van der Waals surface area (Å²) in [6.07, 6.45) is 0. The van der Waals surface area contributed by atoms with Crippen molar-refractivity contribution < 1.29 is 9.32 Å². The maximum Gasteiger partial charge on any atom is 0.255 e. The van der Waals surface area contributed by atoms with Crippen LogP contribution in [0, 0.1) is 13.8 Å². The largest absolute Gasteiger partial charge is 0.361 e. The van der Waals surface area contributed by atoms with Gasteiger partial charge in [-0.05, 0) is 41.9 Å². The van der Waals surface area contributed by atoms with Crippen LogP contribution in [0.3, 0.4) is 0 Å². The first-order valence-corrected chi connectivity index (χ1v) is 6.70. The average Bonchev–Trinajstić information content (AvgIpc) is 2.77. The van der Waals surface area contributed by atoms with E-state index >= 15 is 0 Å². The van der Waals surface area contributed by atoms with E-state index in [4.69, 9.17) is 4.52 Å². The minimum Gasteiger partial charge on any atom is -0.361 e. The smallest absolute Gasteiger partial charge is 0.255 e. The molecule has 0 unspecified atom stereocenters. The molecule has 1 aromatic carbocycles. The number of halogens is 1. The minimum absolute atomic E-state index is 0.0452. The van der Waals surface area contributed by atoms with Gasteiger partial charge in [-0.2, -0.15) is 0 Å². The number of carbonyl (C=O) groups excluding carboxylic acids is 1. The lowest BCUT2D eigenvalue weighted by Crippen LogP contribution is -2.26. The van der Waals surface area contributed by atoms with Gasteiger partial charge in [0.15, 0.2) is 0 Å². The van der Waals surface area contributed by atoms with Gasteiger partial charge in [0.25, 0.3) is 5.91 Å². The quantitative estimate of drug-likeness (QED) is 0.870. The molecule has 0 radical (unpaired) electrons. The normalized spacial score (nSPS) is 10.5. The zero-order valence-corrected chi connectivity index (χ0v) is 12.7. The molecule has 4 nitrogen and oxygen atoms in total. The number of nitrogens with zero attached hydrogens (tertiary/aromatic N) is 2. The Bertz CT molecular complexity index is 607. The first-order valence-electron chi connectivity index (χ1n) is 5.91. The second-order valence-electron chi connectivity index (χ2n) is 4.57. The van der Waals surface area contributed by atoms with E-state index in [1.165, 1.54) is 0 Å². The van der Waals surface area contributed by atoms with Gasteiger partial charge in [0, 0.05) is 17.6 Å². The van der Waals surface area contributed by atoms with Crippen LogP contribution in [-0.4, -0.2) is 23.0 Å². The Balaban J connectivity index is 2.16. The van der Waals surface area contributed by atoms with Crippen molar-refractivity contribution in [2.24, 2.45) is 0 Å². The zero-order chi connectivity index (χ0) is 14.0. The summed E-state index contributed by atoms with van der Waals surface area (Å²) in [5, 5.41) is 3.89. The van der Waals surface area contributed by atoms with Gasteiger partial charge >= 0.3 is 0 Å². The number of hydrogen-bond donors (Lipinski definition) is 0. The Hall–Kier alpha value is -1.62. The van der Waals surface area contributed by atoms with E-state index in [9.17, 15) is 4.79 Å². The third kappa shape index (κ3) is 3.23. The Morgan fingerprint density at radius 1 is 1.37 bits per heavy atom. The highest BCUT2D eigenvalue weighted by molar-refractivity contribution is 9.10. The van der Waals surface area contributed by atoms with Crippen LogP contribution in [0.15, 0.2) is 33.3 Å². The summed E-state index contributed by atoms with van der Waals surface area (Å²) in [7, 11) is 1.75. The molecule has 0 atom stereocenters. The Kier molecular flexibility index (Phi) is 4.04. The van der Waals surface area contributed by atoms with Gasteiger partial charge in [-0.3, -0.25) is 4.79 Å². The van der Waals surface area contributed by atoms with E-state index < -0.39 is 0 Å². The third-order valence-electron chi connectivity index (χ3n) is 2.77. The first kappa shape index (κ1) is 13.8. The van der Waals surface area contributed by atoms with Gasteiger partial charge in [0.05, 0.1) is 12.1 Å². The van der Waals surface area contributed by atoms with Gasteiger partial charge in [-0.25, -0.2) is 0 Å². The van der Waals surface area contributed by atoms with Crippen LogP contribution in [-0.2, 0) is 6.54 Å². The maximum absolute atomic E-state index is 12.4. The zero-order valence-electron chi connectivity index (χ0n) is 11.1. The molecule has 0 bridgehead atoms. The van der Waals surface area contributed by atoms with Crippen LogP contribution >= 0.6 is 15.9 Å². The van der Waals surface area contributed by atoms with Crippen molar-refractivity contribution in [3.8, 4) is 0 Å². The number of carbonyl (C=O) groups is 1. The predicted molar refractivity (Wildman–Crippen MR) is 75.9 cm³/mol. The fraction of sp³-hybridized carbons (Fsp3) is 0.286. The van der Waals surface area contributed by atoms with Crippen LogP contribution in [0.4, 0.5) is 0 Å². The summed E-state index contributed by atoms with van der Waals surface area (Å²) in [6, 6.07) is 7.55. The van der Waals surface area contributed by atoms with Crippen molar-refractivity contribution >= 4 is 21.8 Å². The second-order valence-corrected chi connectivity index (χ2v) is 5.43. The van der Waals surface area contributed by atoms with Crippen molar-refractivity contribution in [1.29, 1.82) is 0 Å². The van der Waals surface area contributed by atoms with Crippen LogP contribution in [0.25, 0.3) is 0 Å². The molecule has 0 fully saturated rings. The van der Waals surface area contributed by atoms with E-state index in [0.29, 0.717) is 12.1 Å². The van der Waals surface area contributed by atoms with E-state index in [2.05, 4.69) is 21.1 Å². The lowest BCUT2D eigenvalue weighted by Gasteiger charge is -2.16. The summed E-state index contributed by atoms with van der Waals surface area (Å²) in [5.41, 5.74) is 2.46. The lowest BCUT2D eigenvalue weighted by molar-refractivity contribution is 0.0781. The number of aryl methyl sites for hydroxylation is 2. The summed E-state index contributed by atoms with van der Waals surface area (Å²) in [4.78, 5) is 14.0. The van der Waals surface area contributed by atoms with Crippen molar-refractivity contribution in [2.75, 3.05) is 7.05 Å². The summed E-state index contributed by atoms with van der Waals surface area (Å²) in [5.74, 6) is 0.698. The predicted octanol–water partition coefficient (Wildman–Crippen LogP) is 3.33. The standard InChI is InChI=1S/C14H15BrN2O2/c1-9-4-5-13(15)12(6-9)14(18)17(3)8-11-7-10(2)19-16-11/h4-7H,8H2,1-3H3. The number of amides is 1. The molecule has 0 aliphatic heterocycles. The van der Waals surface area contributed by atoms with E-state index in [-0.39, 0.29) is 5.91 Å². The average molecular weight is 323 g/mol. The van der Waals surface area contributed by atoms with Gasteiger partial charge in [0.1, 0.15) is 11.5 Å². The minimum atomic E-state index is -0.0452. The molecule has 100 valence electrons. The highest BCUT2D eigenvalue weighted by atomic mass is 79.9. The number of hydrogen-bond acceptors (Lipinski definition) is 3. The highest BCUT2D eigenvalue weighted by Gasteiger charge is 2.16. The monoisotopic (exact) mass is 322 g/mol. The molecule has 1 amide bonds. The second kappa shape index (κ2) is 5.57. The lowest BCUT2D eigenvalue weighted by atomic mass is 10.1. The summed E-state index contributed by atoms with van der Waals surface area (Å²) in [6.45, 7) is 4.22. The van der Waals surface area contributed by atoms with Crippen molar-refractivity contribution in [1.82, 2.24) is 10.1 Å². The SMILES string of the molecule is Cc1ccc(Br)c(C(=O)N(C)Cc2cc(C)on2)c1. The number of aromatic nitrogens is 1. The summed E-state index contributed by atoms with van der Waals surface area (Å²) >= 11 is 3.41. The van der Waals surface area contributed by atoms with Crippen LogP contribution in [0.2, 0.25) is 0 Å². The molecule has 19 heavy (non-hydrogen) atoms. The number of benzene rings is 1. The summed E-state index contributed by atoms with van der Waals surface area (Å²) < 4.78 is 5.79. The molecule has 2 rings (SSSR count). The van der Waals surface area contributed by atoms with E-state index in [1.54, 1.807) is 11.9 Å². The molecule has 1 aromatic heterocycles. The molecule has 0 aliphatic rings. The van der Waals surface area contributed by atoms with E-state index in [0.717, 1.165) is 21.5 Å². The van der Waals surface area contributed by atoms with Gasteiger partial charge in [0.2, 0.25) is 0 Å². The Morgan fingerprint density at radius 2 is 2.11 bits per heavy atom. The Morgan fingerprint density at radius 3 is 2.74 bits per heavy atom. The fourth-order valence-electron chi connectivity index (χ4n) is 1.82. The molecule has 5 heteroatoms. The molecule has 2 aromatic rings. The highest BCUT2D eigenvalue weighted by Crippen LogP contribution is 2.20. The first-order chi connectivity index (χ1) is 8.97. The van der Waals surface area contributed by atoms with Gasteiger partial charge in [-0.1, -0.05) is 16.8 Å². The molecular weight excluding hydrogens is 308 g/mol. The molecule has 0 aliphatic carbocycles. The molecule has 0 spiro atoms. The molecule has 0 saturated carbocycles. The molecule has 0 saturated heterocycles. The van der Waals surface area contributed by atoms with Crippen LogP contribution < -0.4 is 0 Å². The molecule has 1 heterocycles.